The highest BCUT2D eigenvalue weighted by molar-refractivity contribution is 4.97. The molecule has 0 saturated heterocycles. The third-order valence-electron chi connectivity index (χ3n) is 6.18. The van der Waals surface area contributed by atoms with Crippen LogP contribution >= 0.6 is 0 Å². The molecular formula is C19H40. The predicted molar refractivity (Wildman–Crippen MR) is 89.5 cm³/mol. The zero-order valence-corrected chi connectivity index (χ0v) is 15.3. The summed E-state index contributed by atoms with van der Waals surface area (Å²) < 4.78 is 0. The fourth-order valence-corrected chi connectivity index (χ4v) is 4.46. The Kier molecular flexibility index (Phi) is 7.70. The Morgan fingerprint density at radius 2 is 1.37 bits per heavy atom. The van der Waals surface area contributed by atoms with E-state index in [-0.39, 0.29) is 0 Å². The van der Waals surface area contributed by atoms with E-state index in [2.05, 4.69) is 62.3 Å². The van der Waals surface area contributed by atoms with Crippen LogP contribution in [0.2, 0.25) is 0 Å². The Labute approximate surface area is 123 Å². The Bertz CT molecular complexity index is 240. The molecule has 19 heavy (non-hydrogen) atoms. The van der Waals surface area contributed by atoms with Crippen LogP contribution in [0.25, 0.3) is 0 Å². The fraction of sp³-hybridized carbons (Fsp3) is 1.00. The summed E-state index contributed by atoms with van der Waals surface area (Å²) in [5.41, 5.74) is 0.919. The van der Waals surface area contributed by atoms with E-state index in [1.54, 1.807) is 0 Å². The molecular weight excluding hydrogens is 228 g/mol. The van der Waals surface area contributed by atoms with Gasteiger partial charge in [-0.2, -0.15) is 0 Å². The van der Waals surface area contributed by atoms with E-state index in [1.807, 2.05) is 0 Å². The minimum atomic E-state index is 0.450. The van der Waals surface area contributed by atoms with E-state index in [4.69, 9.17) is 0 Å². The molecule has 3 unspecified atom stereocenters. The fourth-order valence-electron chi connectivity index (χ4n) is 4.46. The summed E-state index contributed by atoms with van der Waals surface area (Å²) in [5.74, 6) is 2.41. The summed E-state index contributed by atoms with van der Waals surface area (Å²) >= 11 is 0. The molecule has 0 heterocycles. The molecule has 0 aromatic rings. The van der Waals surface area contributed by atoms with Crippen molar-refractivity contribution in [3.8, 4) is 0 Å². The lowest BCUT2D eigenvalue weighted by Gasteiger charge is -2.54. The monoisotopic (exact) mass is 268 g/mol. The molecule has 0 radical (unpaired) electrons. The van der Waals surface area contributed by atoms with Crippen LogP contribution in [0.4, 0.5) is 0 Å². The molecule has 0 aliphatic rings. The molecule has 0 aliphatic heterocycles. The maximum absolute atomic E-state index is 2.58. The van der Waals surface area contributed by atoms with Crippen LogP contribution < -0.4 is 0 Å². The molecule has 0 aliphatic carbocycles. The van der Waals surface area contributed by atoms with Crippen LogP contribution in [-0.4, -0.2) is 0 Å². The molecule has 0 nitrogen and oxygen atoms in total. The Morgan fingerprint density at radius 1 is 0.842 bits per heavy atom. The van der Waals surface area contributed by atoms with Crippen molar-refractivity contribution in [2.24, 2.45) is 28.6 Å². The molecule has 0 amide bonds. The first-order valence-electron chi connectivity index (χ1n) is 8.69. The largest absolute Gasteiger partial charge is 0.0654 e. The Morgan fingerprint density at radius 3 is 1.63 bits per heavy atom. The molecule has 0 N–H and O–H groups in total. The second-order valence-corrected chi connectivity index (χ2v) is 7.84. The van der Waals surface area contributed by atoms with Crippen molar-refractivity contribution in [3.05, 3.63) is 0 Å². The number of hydrogen-bond acceptors (Lipinski definition) is 0. The minimum Gasteiger partial charge on any atom is -0.0654 e. The zero-order valence-electron chi connectivity index (χ0n) is 15.3. The molecule has 0 aromatic carbocycles. The summed E-state index contributed by atoms with van der Waals surface area (Å²) in [4.78, 5) is 0. The van der Waals surface area contributed by atoms with Gasteiger partial charge in [0, 0.05) is 0 Å². The van der Waals surface area contributed by atoms with Crippen molar-refractivity contribution in [3.63, 3.8) is 0 Å². The summed E-state index contributed by atoms with van der Waals surface area (Å²) in [6.07, 6.45) is 6.71. The quantitative estimate of drug-likeness (QED) is 0.425. The molecule has 0 heteroatoms. The Hall–Kier alpha value is 0. The van der Waals surface area contributed by atoms with Gasteiger partial charge in [-0.3, -0.25) is 0 Å². The topological polar surface area (TPSA) is 0 Å². The molecule has 0 fully saturated rings. The molecule has 0 aromatic heterocycles. The molecule has 0 rings (SSSR count). The summed E-state index contributed by atoms with van der Waals surface area (Å²) in [6.45, 7) is 22.0. The van der Waals surface area contributed by atoms with E-state index < -0.39 is 0 Å². The van der Waals surface area contributed by atoms with Gasteiger partial charge in [0.15, 0.2) is 0 Å². The average Bonchev–Trinajstić information content (AvgIpc) is 2.33. The molecule has 0 saturated carbocycles. The maximum atomic E-state index is 2.58. The summed E-state index contributed by atoms with van der Waals surface area (Å²) in [6, 6.07) is 0. The highest BCUT2D eigenvalue weighted by Gasteiger charge is 2.48. The van der Waals surface area contributed by atoms with Gasteiger partial charge in [-0.1, -0.05) is 81.6 Å². The number of rotatable bonds is 9. The highest BCUT2D eigenvalue weighted by Crippen LogP contribution is 2.56. The van der Waals surface area contributed by atoms with Crippen LogP contribution in [0.5, 0.6) is 0 Å². The van der Waals surface area contributed by atoms with Gasteiger partial charge < -0.3 is 0 Å². The van der Waals surface area contributed by atoms with Crippen LogP contribution in [0.1, 0.15) is 94.4 Å². The Balaban J connectivity index is 5.53. The maximum Gasteiger partial charge on any atom is -0.0244 e. The van der Waals surface area contributed by atoms with E-state index >= 15 is 0 Å². The van der Waals surface area contributed by atoms with E-state index in [0.29, 0.717) is 10.8 Å². The normalized spacial score (nSPS) is 20.4. The molecule has 3 atom stereocenters. The third kappa shape index (κ3) is 3.99. The van der Waals surface area contributed by atoms with Gasteiger partial charge >= 0.3 is 0 Å². The predicted octanol–water partition coefficient (Wildman–Crippen LogP) is 6.94. The van der Waals surface area contributed by atoms with Gasteiger partial charge in [-0.15, -0.1) is 0 Å². The lowest BCUT2D eigenvalue weighted by Crippen LogP contribution is -2.47. The summed E-state index contributed by atoms with van der Waals surface area (Å²) in [7, 11) is 0. The summed E-state index contributed by atoms with van der Waals surface area (Å²) in [5, 5.41) is 0. The van der Waals surface area contributed by atoms with Crippen LogP contribution in [0, 0.1) is 28.6 Å². The van der Waals surface area contributed by atoms with E-state index in [0.717, 1.165) is 17.8 Å². The molecule has 0 spiro atoms. The van der Waals surface area contributed by atoms with Gasteiger partial charge in [-0.25, -0.2) is 0 Å². The van der Waals surface area contributed by atoms with Crippen molar-refractivity contribution in [1.29, 1.82) is 0 Å². The lowest BCUT2D eigenvalue weighted by molar-refractivity contribution is -0.0550. The van der Waals surface area contributed by atoms with Gasteiger partial charge in [0.2, 0.25) is 0 Å². The van der Waals surface area contributed by atoms with Crippen molar-refractivity contribution < 1.29 is 0 Å². The van der Waals surface area contributed by atoms with Crippen molar-refractivity contribution in [2.45, 2.75) is 94.4 Å². The molecule has 116 valence electrons. The van der Waals surface area contributed by atoms with E-state index in [1.165, 1.54) is 32.1 Å². The smallest absolute Gasteiger partial charge is 0.0244 e. The average molecular weight is 269 g/mol. The second-order valence-electron chi connectivity index (χ2n) is 7.84. The first-order valence-corrected chi connectivity index (χ1v) is 8.69. The van der Waals surface area contributed by atoms with Crippen molar-refractivity contribution in [1.82, 2.24) is 0 Å². The third-order valence-corrected chi connectivity index (χ3v) is 6.18. The van der Waals surface area contributed by atoms with Gasteiger partial charge in [0.25, 0.3) is 0 Å². The molecule has 0 bridgehead atoms. The lowest BCUT2D eigenvalue weighted by atomic mass is 9.50. The van der Waals surface area contributed by atoms with Gasteiger partial charge in [0.05, 0.1) is 0 Å². The van der Waals surface area contributed by atoms with Crippen molar-refractivity contribution in [2.75, 3.05) is 0 Å². The van der Waals surface area contributed by atoms with Crippen LogP contribution in [-0.2, 0) is 0 Å². The van der Waals surface area contributed by atoms with Crippen molar-refractivity contribution >= 4 is 0 Å². The minimum absolute atomic E-state index is 0.450. The number of hydrogen-bond donors (Lipinski definition) is 0. The van der Waals surface area contributed by atoms with Gasteiger partial charge in [-0.05, 0) is 41.4 Å². The van der Waals surface area contributed by atoms with E-state index in [9.17, 15) is 0 Å². The standard InChI is InChI=1S/C19H40/c1-10-13-17(11-2)18(8,12-3)19(9,16(6)7)14-15(4)5/h15-17H,10-14H2,1-9H3. The van der Waals surface area contributed by atoms with Gasteiger partial charge in [0.1, 0.15) is 0 Å². The van der Waals surface area contributed by atoms with Crippen LogP contribution in [0.15, 0.2) is 0 Å². The highest BCUT2D eigenvalue weighted by atomic mass is 14.5. The first-order chi connectivity index (χ1) is 8.69. The SMILES string of the molecule is CCCC(CC)C(C)(CC)C(C)(CC(C)C)C(C)C. The second kappa shape index (κ2) is 7.70. The zero-order chi connectivity index (χ0) is 15.3. The first kappa shape index (κ1) is 19.0. The van der Waals surface area contributed by atoms with Crippen LogP contribution in [0.3, 0.4) is 0 Å².